The van der Waals surface area contributed by atoms with Crippen molar-refractivity contribution in [2.75, 3.05) is 6.61 Å². The number of halogens is 3. The zero-order valence-corrected chi connectivity index (χ0v) is 16.0. The Balaban J connectivity index is 2.28. The van der Waals surface area contributed by atoms with E-state index >= 15 is 0 Å². The minimum Gasteiger partial charge on any atom is -0.461 e. The first kappa shape index (κ1) is 19.0. The van der Waals surface area contributed by atoms with Crippen LogP contribution in [0.15, 0.2) is 48.5 Å². The van der Waals surface area contributed by atoms with Gasteiger partial charge >= 0.3 is 0 Å². The molecule has 0 atom stereocenters. The minimum atomic E-state index is -0.226. The van der Waals surface area contributed by atoms with E-state index in [-0.39, 0.29) is 18.1 Å². The molecule has 0 N–H and O–H groups in total. The van der Waals surface area contributed by atoms with E-state index in [9.17, 15) is 5.26 Å². The Kier molecular flexibility index (Phi) is 5.84. The minimum absolute atomic E-state index is 0.0674. The normalized spacial score (nSPS) is 10.1. The van der Waals surface area contributed by atoms with Crippen LogP contribution in [0, 0.1) is 22.7 Å². The first-order valence-electron chi connectivity index (χ1n) is 7.69. The van der Waals surface area contributed by atoms with Crippen LogP contribution in [-0.4, -0.2) is 11.6 Å². The van der Waals surface area contributed by atoms with Gasteiger partial charge in [-0.25, -0.2) is 4.98 Å². The molecule has 0 bridgehead atoms. The number of nitrogens with zero attached hydrogens (tertiary/aromatic N) is 3. The second-order valence-electron chi connectivity index (χ2n) is 5.43. The molecule has 1 heterocycles. The highest BCUT2D eigenvalue weighted by Crippen LogP contribution is 2.38. The average Bonchev–Trinajstić information content (AvgIpc) is 2.66. The Hall–Kier alpha value is -2.76. The number of ether oxygens (including phenoxy) is 1. The summed E-state index contributed by atoms with van der Waals surface area (Å²) in [7, 11) is 0. The third kappa shape index (κ3) is 4.15. The van der Waals surface area contributed by atoms with Crippen LogP contribution in [0.1, 0.15) is 5.56 Å². The number of aromatic nitrogens is 1. The largest absolute Gasteiger partial charge is 0.461 e. The molecule has 0 radical (unpaired) electrons. The molecule has 132 valence electrons. The Morgan fingerprint density at radius 3 is 2.22 bits per heavy atom. The Morgan fingerprint density at radius 2 is 1.59 bits per heavy atom. The molecule has 3 rings (SSSR count). The molecule has 3 aromatic rings. The van der Waals surface area contributed by atoms with Gasteiger partial charge in [0.05, 0.1) is 10.7 Å². The van der Waals surface area contributed by atoms with Crippen LogP contribution >= 0.6 is 34.8 Å². The molecule has 0 fully saturated rings. The number of benzene rings is 2. The van der Waals surface area contributed by atoms with Crippen LogP contribution < -0.4 is 4.74 Å². The Morgan fingerprint density at radius 1 is 0.889 bits per heavy atom. The zero-order valence-electron chi connectivity index (χ0n) is 13.7. The Bertz CT molecular complexity index is 1080. The second-order valence-corrected chi connectivity index (χ2v) is 6.71. The van der Waals surface area contributed by atoms with Crippen molar-refractivity contribution in [2.45, 2.75) is 0 Å². The average molecular weight is 415 g/mol. The van der Waals surface area contributed by atoms with Crippen molar-refractivity contribution >= 4 is 34.8 Å². The van der Waals surface area contributed by atoms with Gasteiger partial charge in [-0.2, -0.15) is 10.5 Å². The molecular formula is C20H10Cl3N3O. The summed E-state index contributed by atoms with van der Waals surface area (Å²) in [5.74, 6) is 0.0674. The van der Waals surface area contributed by atoms with E-state index in [1.165, 1.54) is 0 Å². The van der Waals surface area contributed by atoms with Crippen molar-refractivity contribution < 1.29 is 4.74 Å². The zero-order chi connectivity index (χ0) is 19.4. The maximum atomic E-state index is 9.47. The van der Waals surface area contributed by atoms with E-state index in [1.54, 1.807) is 36.4 Å². The lowest BCUT2D eigenvalue weighted by atomic mass is 9.97. The van der Waals surface area contributed by atoms with Crippen LogP contribution in [0.4, 0.5) is 0 Å². The topological polar surface area (TPSA) is 69.7 Å². The standard InChI is InChI=1S/C20H10Cl3N3O/c21-14-3-1-12(2-4-14)17-9-13(11-25)20(27-8-7-24)26-19(17)16-6-5-15(22)10-18(16)23/h1-6,9-10H,8H2. The first-order valence-corrected chi connectivity index (χ1v) is 8.83. The van der Waals surface area contributed by atoms with E-state index in [1.807, 2.05) is 18.2 Å². The molecule has 0 saturated heterocycles. The van der Waals surface area contributed by atoms with Gasteiger partial charge in [-0.3, -0.25) is 0 Å². The van der Waals surface area contributed by atoms with Crippen molar-refractivity contribution in [2.24, 2.45) is 0 Å². The van der Waals surface area contributed by atoms with Crippen LogP contribution in [0.5, 0.6) is 5.88 Å². The summed E-state index contributed by atoms with van der Waals surface area (Å²) in [5.41, 5.74) is 2.82. The molecular weight excluding hydrogens is 405 g/mol. The number of hydrogen-bond donors (Lipinski definition) is 0. The van der Waals surface area contributed by atoms with Crippen molar-refractivity contribution in [1.82, 2.24) is 4.98 Å². The predicted octanol–water partition coefficient (Wildman–Crippen LogP) is 6.15. The van der Waals surface area contributed by atoms with Crippen molar-refractivity contribution in [3.8, 4) is 40.4 Å². The highest BCUT2D eigenvalue weighted by Gasteiger charge is 2.18. The second kappa shape index (κ2) is 8.29. The summed E-state index contributed by atoms with van der Waals surface area (Å²) in [6.07, 6.45) is 0. The van der Waals surface area contributed by atoms with Crippen molar-refractivity contribution in [3.05, 3.63) is 69.2 Å². The van der Waals surface area contributed by atoms with E-state index in [2.05, 4.69) is 11.1 Å². The molecule has 0 unspecified atom stereocenters. The van der Waals surface area contributed by atoms with E-state index < -0.39 is 0 Å². The van der Waals surface area contributed by atoms with Crippen molar-refractivity contribution in [1.29, 1.82) is 10.5 Å². The highest BCUT2D eigenvalue weighted by atomic mass is 35.5. The van der Waals surface area contributed by atoms with E-state index in [4.69, 9.17) is 44.8 Å². The summed E-state index contributed by atoms with van der Waals surface area (Å²) in [6.45, 7) is -0.226. The third-order valence-electron chi connectivity index (χ3n) is 3.72. The van der Waals surface area contributed by atoms with E-state index in [0.29, 0.717) is 31.9 Å². The first-order chi connectivity index (χ1) is 13.0. The molecule has 2 aromatic carbocycles. The van der Waals surface area contributed by atoms with Gasteiger partial charge in [0.1, 0.15) is 17.7 Å². The summed E-state index contributed by atoms with van der Waals surface area (Å²) in [5, 5.41) is 19.7. The van der Waals surface area contributed by atoms with Crippen LogP contribution in [0.3, 0.4) is 0 Å². The quantitative estimate of drug-likeness (QED) is 0.513. The lowest BCUT2D eigenvalue weighted by Gasteiger charge is -2.14. The smallest absolute Gasteiger partial charge is 0.233 e. The summed E-state index contributed by atoms with van der Waals surface area (Å²) < 4.78 is 5.33. The summed E-state index contributed by atoms with van der Waals surface area (Å²) in [4.78, 5) is 4.48. The molecule has 0 spiro atoms. The maximum absolute atomic E-state index is 9.47. The SMILES string of the molecule is N#CCOc1nc(-c2ccc(Cl)cc2Cl)c(-c2ccc(Cl)cc2)cc1C#N. The molecule has 27 heavy (non-hydrogen) atoms. The fraction of sp³-hybridized carbons (Fsp3) is 0.0500. The monoisotopic (exact) mass is 413 g/mol. The van der Waals surface area contributed by atoms with Gasteiger partial charge < -0.3 is 4.74 Å². The predicted molar refractivity (Wildman–Crippen MR) is 106 cm³/mol. The number of hydrogen-bond acceptors (Lipinski definition) is 4. The third-order valence-corrected chi connectivity index (χ3v) is 4.52. The van der Waals surface area contributed by atoms with Gasteiger partial charge in [-0.15, -0.1) is 0 Å². The number of rotatable bonds is 4. The molecule has 0 aliphatic heterocycles. The Labute approximate surface area is 171 Å². The van der Waals surface area contributed by atoms with Gasteiger partial charge in [0.2, 0.25) is 5.88 Å². The van der Waals surface area contributed by atoms with Gasteiger partial charge in [0, 0.05) is 21.2 Å². The molecule has 7 heteroatoms. The maximum Gasteiger partial charge on any atom is 0.233 e. The molecule has 0 aliphatic carbocycles. The fourth-order valence-electron chi connectivity index (χ4n) is 2.52. The molecule has 0 amide bonds. The van der Waals surface area contributed by atoms with Gasteiger partial charge in [-0.05, 0) is 42.0 Å². The highest BCUT2D eigenvalue weighted by molar-refractivity contribution is 6.36. The molecule has 1 aromatic heterocycles. The summed E-state index contributed by atoms with van der Waals surface area (Å²) in [6, 6.07) is 17.8. The van der Waals surface area contributed by atoms with Gasteiger partial charge in [0.15, 0.2) is 6.61 Å². The van der Waals surface area contributed by atoms with Crippen LogP contribution in [-0.2, 0) is 0 Å². The molecule has 0 saturated carbocycles. The number of pyridine rings is 1. The fourth-order valence-corrected chi connectivity index (χ4v) is 3.15. The summed E-state index contributed by atoms with van der Waals surface area (Å²) >= 11 is 18.4. The lowest BCUT2D eigenvalue weighted by molar-refractivity contribution is 0.353. The van der Waals surface area contributed by atoms with E-state index in [0.717, 1.165) is 5.56 Å². The van der Waals surface area contributed by atoms with Crippen LogP contribution in [0.25, 0.3) is 22.4 Å². The van der Waals surface area contributed by atoms with Crippen LogP contribution in [0.2, 0.25) is 15.1 Å². The molecule has 4 nitrogen and oxygen atoms in total. The lowest BCUT2D eigenvalue weighted by Crippen LogP contribution is -2.02. The van der Waals surface area contributed by atoms with Gasteiger partial charge in [-0.1, -0.05) is 46.9 Å². The van der Waals surface area contributed by atoms with Crippen molar-refractivity contribution in [3.63, 3.8) is 0 Å². The molecule has 0 aliphatic rings. The van der Waals surface area contributed by atoms with Gasteiger partial charge in [0.25, 0.3) is 0 Å². The number of nitriles is 2.